The standard InChI is InChI=1S/C33H35ClFN7O/c1-33(2,3)20-41-13-11-26(12-14-41)42-18-30(39-40-42)23-7-9-29-27(16-23)32(37-21-36-29)38-25-8-10-31(28(34)17-25)43-19-22-5-4-6-24(35)15-22/h4-10,15-18,21,26H,11-14,19-20H2,1-3H3,(H,36,37,38). The van der Waals surface area contributed by atoms with Crippen molar-refractivity contribution in [1.29, 1.82) is 0 Å². The number of halogens is 2. The fraction of sp³-hybridized carbons (Fsp3) is 0.333. The van der Waals surface area contributed by atoms with Gasteiger partial charge in [-0.15, -0.1) is 5.10 Å². The molecule has 10 heteroatoms. The second-order valence-corrected chi connectivity index (χ2v) is 12.7. The lowest BCUT2D eigenvalue weighted by Crippen LogP contribution is -2.39. The maximum atomic E-state index is 13.5. The normalized spacial score (nSPS) is 14.7. The second kappa shape index (κ2) is 12.3. The first-order chi connectivity index (χ1) is 20.7. The van der Waals surface area contributed by atoms with Crippen molar-refractivity contribution in [2.45, 2.75) is 46.3 Å². The molecule has 0 atom stereocenters. The summed E-state index contributed by atoms with van der Waals surface area (Å²) >= 11 is 6.53. The van der Waals surface area contributed by atoms with Crippen LogP contribution in [0.5, 0.6) is 5.75 Å². The molecule has 6 rings (SSSR count). The Kier molecular flexibility index (Phi) is 8.27. The number of aromatic nitrogens is 5. The van der Waals surface area contributed by atoms with Gasteiger partial charge >= 0.3 is 0 Å². The van der Waals surface area contributed by atoms with Gasteiger partial charge in [0.05, 0.1) is 22.8 Å². The van der Waals surface area contributed by atoms with E-state index in [1.165, 1.54) is 18.5 Å². The molecule has 1 fully saturated rings. The van der Waals surface area contributed by atoms with Gasteiger partial charge in [0.15, 0.2) is 0 Å². The van der Waals surface area contributed by atoms with E-state index in [0.29, 0.717) is 28.0 Å². The zero-order chi connectivity index (χ0) is 30.0. The first kappa shape index (κ1) is 29.0. The monoisotopic (exact) mass is 599 g/mol. The number of likely N-dealkylation sites (tertiary alicyclic amines) is 1. The van der Waals surface area contributed by atoms with Crippen molar-refractivity contribution in [2.75, 3.05) is 25.0 Å². The van der Waals surface area contributed by atoms with Crippen LogP contribution >= 0.6 is 11.6 Å². The van der Waals surface area contributed by atoms with Crippen LogP contribution in [0.15, 0.2) is 73.2 Å². The van der Waals surface area contributed by atoms with E-state index in [-0.39, 0.29) is 12.4 Å². The average Bonchev–Trinajstić information content (AvgIpc) is 3.47. The Morgan fingerprint density at radius 3 is 2.63 bits per heavy atom. The highest BCUT2D eigenvalue weighted by Gasteiger charge is 2.25. The summed E-state index contributed by atoms with van der Waals surface area (Å²) in [6.45, 7) is 10.3. The molecule has 0 bridgehead atoms. The predicted octanol–water partition coefficient (Wildman–Crippen LogP) is 7.69. The van der Waals surface area contributed by atoms with Crippen LogP contribution in [0.2, 0.25) is 5.02 Å². The van der Waals surface area contributed by atoms with Gasteiger partial charge < -0.3 is 15.0 Å². The highest BCUT2D eigenvalue weighted by Crippen LogP contribution is 2.33. The molecule has 43 heavy (non-hydrogen) atoms. The molecule has 5 aromatic rings. The van der Waals surface area contributed by atoms with Crippen LogP contribution in [0.1, 0.15) is 45.2 Å². The van der Waals surface area contributed by atoms with E-state index >= 15 is 0 Å². The van der Waals surface area contributed by atoms with E-state index in [0.717, 1.165) is 65.9 Å². The number of rotatable bonds is 8. The SMILES string of the molecule is CC(C)(C)CN1CCC(n2cc(-c3ccc4ncnc(Nc5ccc(OCc6cccc(F)c6)c(Cl)c5)c4c3)nn2)CC1. The first-order valence-electron chi connectivity index (χ1n) is 14.5. The Morgan fingerprint density at radius 2 is 1.86 bits per heavy atom. The molecule has 8 nitrogen and oxygen atoms in total. The summed E-state index contributed by atoms with van der Waals surface area (Å²) in [6.07, 6.45) is 5.71. The topological polar surface area (TPSA) is 81.0 Å². The Morgan fingerprint density at radius 1 is 1.02 bits per heavy atom. The van der Waals surface area contributed by atoms with Gasteiger partial charge in [0.2, 0.25) is 0 Å². The largest absolute Gasteiger partial charge is 0.487 e. The van der Waals surface area contributed by atoms with Crippen LogP contribution in [-0.4, -0.2) is 49.5 Å². The zero-order valence-corrected chi connectivity index (χ0v) is 25.4. The van der Waals surface area contributed by atoms with Gasteiger partial charge in [-0.1, -0.05) is 55.8 Å². The van der Waals surface area contributed by atoms with Crippen molar-refractivity contribution in [3.05, 3.63) is 89.6 Å². The molecule has 3 heterocycles. The lowest BCUT2D eigenvalue weighted by atomic mass is 9.94. The minimum Gasteiger partial charge on any atom is -0.487 e. The Balaban J connectivity index is 1.16. The number of hydrogen-bond donors (Lipinski definition) is 1. The van der Waals surface area contributed by atoms with Crippen molar-refractivity contribution >= 4 is 34.0 Å². The third-order valence-corrected chi connectivity index (χ3v) is 7.84. The number of benzene rings is 3. The van der Waals surface area contributed by atoms with Gasteiger partial charge in [0.25, 0.3) is 0 Å². The van der Waals surface area contributed by atoms with E-state index in [1.807, 2.05) is 35.1 Å². The van der Waals surface area contributed by atoms with Crippen LogP contribution in [-0.2, 0) is 6.61 Å². The number of fused-ring (bicyclic) bond motifs is 1. The highest BCUT2D eigenvalue weighted by molar-refractivity contribution is 6.32. The predicted molar refractivity (Wildman–Crippen MR) is 168 cm³/mol. The molecule has 1 saturated heterocycles. The van der Waals surface area contributed by atoms with Gasteiger partial charge in [-0.2, -0.15) is 0 Å². The van der Waals surface area contributed by atoms with Crippen LogP contribution in [0.4, 0.5) is 15.9 Å². The van der Waals surface area contributed by atoms with E-state index in [9.17, 15) is 4.39 Å². The summed E-state index contributed by atoms with van der Waals surface area (Å²) < 4.78 is 21.3. The molecule has 0 unspecified atom stereocenters. The van der Waals surface area contributed by atoms with E-state index in [2.05, 4.69) is 51.3 Å². The lowest BCUT2D eigenvalue weighted by molar-refractivity contribution is 0.134. The molecule has 222 valence electrons. The Bertz CT molecular complexity index is 1730. The fourth-order valence-electron chi connectivity index (χ4n) is 5.54. The highest BCUT2D eigenvalue weighted by atomic mass is 35.5. The summed E-state index contributed by atoms with van der Waals surface area (Å²) in [4.78, 5) is 11.5. The van der Waals surface area contributed by atoms with Gasteiger partial charge in [-0.3, -0.25) is 0 Å². The molecular weight excluding hydrogens is 565 g/mol. The molecule has 0 aliphatic carbocycles. The van der Waals surface area contributed by atoms with E-state index in [4.69, 9.17) is 16.3 Å². The molecule has 0 radical (unpaired) electrons. The second-order valence-electron chi connectivity index (χ2n) is 12.3. The minimum absolute atomic E-state index is 0.213. The molecule has 0 spiro atoms. The molecule has 0 amide bonds. The first-order valence-corrected chi connectivity index (χ1v) is 14.9. The third-order valence-electron chi connectivity index (χ3n) is 7.55. The summed E-state index contributed by atoms with van der Waals surface area (Å²) in [5.41, 5.74) is 4.34. The van der Waals surface area contributed by atoms with Gasteiger partial charge in [0, 0.05) is 36.3 Å². The number of hydrogen-bond acceptors (Lipinski definition) is 7. The lowest BCUT2D eigenvalue weighted by Gasteiger charge is -2.35. The summed E-state index contributed by atoms with van der Waals surface area (Å²) in [5.74, 6) is 0.855. The zero-order valence-electron chi connectivity index (χ0n) is 24.6. The minimum atomic E-state index is -0.302. The Hall–Kier alpha value is -4.08. The maximum Gasteiger partial charge on any atom is 0.141 e. The van der Waals surface area contributed by atoms with Crippen molar-refractivity contribution in [3.8, 4) is 17.0 Å². The number of ether oxygens (including phenoxy) is 1. The van der Waals surface area contributed by atoms with Crippen molar-refractivity contribution in [1.82, 2.24) is 29.9 Å². The molecule has 1 aliphatic rings. The number of nitrogens with zero attached hydrogens (tertiary/aromatic N) is 6. The molecule has 0 saturated carbocycles. The number of anilines is 2. The maximum absolute atomic E-state index is 13.5. The third kappa shape index (κ3) is 7.12. The summed E-state index contributed by atoms with van der Waals surface area (Å²) in [5, 5.41) is 13.7. The van der Waals surface area contributed by atoms with Crippen molar-refractivity contribution < 1.29 is 9.13 Å². The quantitative estimate of drug-likeness (QED) is 0.196. The molecular formula is C33H35ClFN7O. The van der Waals surface area contributed by atoms with E-state index < -0.39 is 0 Å². The van der Waals surface area contributed by atoms with Crippen molar-refractivity contribution in [2.24, 2.45) is 5.41 Å². The number of piperidine rings is 1. The fourth-order valence-corrected chi connectivity index (χ4v) is 5.77. The van der Waals surface area contributed by atoms with Crippen molar-refractivity contribution in [3.63, 3.8) is 0 Å². The number of nitrogens with one attached hydrogen (secondary N) is 1. The van der Waals surface area contributed by atoms with Gasteiger partial charge in [0.1, 0.15) is 36.0 Å². The smallest absolute Gasteiger partial charge is 0.141 e. The molecule has 2 aromatic heterocycles. The van der Waals surface area contributed by atoms with Crippen LogP contribution in [0.25, 0.3) is 22.2 Å². The van der Waals surface area contributed by atoms with Crippen LogP contribution < -0.4 is 10.1 Å². The van der Waals surface area contributed by atoms with Gasteiger partial charge in [-0.25, -0.2) is 19.0 Å². The van der Waals surface area contributed by atoms with E-state index in [1.54, 1.807) is 24.3 Å². The molecule has 1 aliphatic heterocycles. The molecule has 3 aromatic carbocycles. The average molecular weight is 600 g/mol. The Labute approximate surface area is 255 Å². The molecule has 1 N–H and O–H groups in total. The van der Waals surface area contributed by atoms with Crippen LogP contribution in [0, 0.1) is 11.2 Å². The van der Waals surface area contributed by atoms with Gasteiger partial charge in [-0.05, 0) is 66.3 Å². The van der Waals surface area contributed by atoms with Crippen LogP contribution in [0.3, 0.4) is 0 Å². The summed E-state index contributed by atoms with van der Waals surface area (Å²) in [7, 11) is 0. The summed E-state index contributed by atoms with van der Waals surface area (Å²) in [6, 6.07) is 18.1.